The van der Waals surface area contributed by atoms with E-state index < -0.39 is 0 Å². The zero-order valence-corrected chi connectivity index (χ0v) is 19.9. The van der Waals surface area contributed by atoms with Crippen LogP contribution in [0, 0.1) is 6.92 Å². The number of hydrogen-bond acceptors (Lipinski definition) is 4. The molecule has 0 bridgehead atoms. The fourth-order valence-corrected chi connectivity index (χ4v) is 3.53. The van der Waals surface area contributed by atoms with Gasteiger partial charge in [-0.3, -0.25) is 0 Å². The molecule has 0 radical (unpaired) electrons. The number of phenols is 1. The van der Waals surface area contributed by atoms with Gasteiger partial charge in [0.15, 0.2) is 0 Å². The lowest BCUT2D eigenvalue weighted by Gasteiger charge is -2.27. The quantitative estimate of drug-likeness (QED) is 0.437. The van der Waals surface area contributed by atoms with Crippen LogP contribution in [0.1, 0.15) is 70.3 Å². The number of phenolic OH excluding ortho intramolecular Hbond substituents is 1. The van der Waals surface area contributed by atoms with Crippen LogP contribution in [-0.2, 0) is 17.3 Å². The summed E-state index contributed by atoms with van der Waals surface area (Å²) in [6.45, 7) is 15.3. The Morgan fingerprint density at radius 3 is 2.06 bits per heavy atom. The number of aryl methyl sites for hydroxylation is 2. The summed E-state index contributed by atoms with van der Waals surface area (Å²) in [6, 6.07) is 12.1. The Bertz CT molecular complexity index is 983. The third-order valence-corrected chi connectivity index (χ3v) is 5.39. The molecule has 0 atom stereocenters. The van der Waals surface area contributed by atoms with Crippen molar-refractivity contribution in [2.45, 2.75) is 72.1 Å². The molecule has 1 aromatic heterocycles. The minimum atomic E-state index is -0.192. The maximum atomic E-state index is 10.9. The van der Waals surface area contributed by atoms with E-state index in [4.69, 9.17) is 14.1 Å². The number of hydrogen-bond donors (Lipinski definition) is 1. The molecule has 4 nitrogen and oxygen atoms in total. The highest BCUT2D eigenvalue weighted by atomic mass is 16.5. The van der Waals surface area contributed by atoms with Gasteiger partial charge in [-0.05, 0) is 54.9 Å². The Hall–Kier alpha value is -2.75. The molecule has 1 N–H and O–H groups in total. The second-order valence-electron chi connectivity index (χ2n) is 10.3. The maximum absolute atomic E-state index is 10.9. The van der Waals surface area contributed by atoms with Gasteiger partial charge in [-0.15, -0.1) is 0 Å². The predicted molar refractivity (Wildman–Crippen MR) is 126 cm³/mol. The molecular formula is C27H35NO3. The zero-order chi connectivity index (χ0) is 22.8. The number of aromatic nitrogens is 1. The maximum Gasteiger partial charge on any atom is 0.226 e. The van der Waals surface area contributed by atoms with Crippen LogP contribution in [0.2, 0.25) is 0 Å². The Morgan fingerprint density at radius 1 is 0.935 bits per heavy atom. The van der Waals surface area contributed by atoms with E-state index in [1.54, 1.807) is 6.26 Å². The largest absolute Gasteiger partial charge is 0.507 e. The molecule has 0 spiro atoms. The normalized spacial score (nSPS) is 12.2. The number of benzene rings is 2. The summed E-state index contributed by atoms with van der Waals surface area (Å²) >= 11 is 0. The van der Waals surface area contributed by atoms with Gasteiger partial charge in [-0.2, -0.15) is 0 Å². The Balaban J connectivity index is 1.74. The fraction of sp³-hybridized carbons (Fsp3) is 0.444. The van der Waals surface area contributed by atoms with E-state index in [1.807, 2.05) is 24.3 Å². The van der Waals surface area contributed by atoms with Gasteiger partial charge in [0.1, 0.15) is 17.8 Å². The van der Waals surface area contributed by atoms with Crippen molar-refractivity contribution >= 4 is 0 Å². The molecule has 0 amide bonds. The molecule has 0 unspecified atom stereocenters. The SMILES string of the molecule is Cc1ccc(OCCCc2coc(-c3cc(C(C)(C)C)c(O)c(C(C)(C)C)c3)n2)cc1. The molecule has 0 saturated heterocycles. The van der Waals surface area contributed by atoms with Crippen molar-refractivity contribution in [2.75, 3.05) is 6.61 Å². The molecule has 0 fully saturated rings. The van der Waals surface area contributed by atoms with Crippen LogP contribution in [-0.4, -0.2) is 16.7 Å². The van der Waals surface area contributed by atoms with Crippen molar-refractivity contribution in [2.24, 2.45) is 0 Å². The predicted octanol–water partition coefficient (Wildman–Crippen LogP) is 6.96. The van der Waals surface area contributed by atoms with Crippen molar-refractivity contribution < 1.29 is 14.3 Å². The van der Waals surface area contributed by atoms with Gasteiger partial charge >= 0.3 is 0 Å². The molecule has 166 valence electrons. The number of aromatic hydroxyl groups is 1. The van der Waals surface area contributed by atoms with Crippen LogP contribution in [0.5, 0.6) is 11.5 Å². The smallest absolute Gasteiger partial charge is 0.226 e. The van der Waals surface area contributed by atoms with E-state index >= 15 is 0 Å². The molecule has 1 heterocycles. The van der Waals surface area contributed by atoms with Crippen molar-refractivity contribution in [1.29, 1.82) is 0 Å². The van der Waals surface area contributed by atoms with E-state index in [9.17, 15) is 5.11 Å². The molecule has 3 aromatic rings. The first kappa shape index (κ1) is 22.9. The van der Waals surface area contributed by atoms with E-state index in [0.717, 1.165) is 41.0 Å². The Kier molecular flexibility index (Phi) is 6.49. The highest BCUT2D eigenvalue weighted by Crippen LogP contribution is 2.41. The van der Waals surface area contributed by atoms with Crippen LogP contribution >= 0.6 is 0 Å². The van der Waals surface area contributed by atoms with Crippen LogP contribution in [0.25, 0.3) is 11.5 Å². The molecule has 0 saturated carbocycles. The summed E-state index contributed by atoms with van der Waals surface area (Å²) in [4.78, 5) is 4.71. The van der Waals surface area contributed by atoms with Crippen molar-refractivity contribution in [3.63, 3.8) is 0 Å². The average molecular weight is 422 g/mol. The van der Waals surface area contributed by atoms with E-state index in [0.29, 0.717) is 18.2 Å². The standard InChI is InChI=1S/C27H35NO3/c1-18-10-12-21(13-11-18)30-14-8-9-20-17-31-25(28-20)19-15-22(26(2,3)4)24(29)23(16-19)27(5,6)7/h10-13,15-17,29H,8-9,14H2,1-7H3. The Morgan fingerprint density at radius 2 is 1.52 bits per heavy atom. The molecule has 0 aliphatic heterocycles. The van der Waals surface area contributed by atoms with Gasteiger partial charge in [-0.25, -0.2) is 4.98 Å². The molecule has 0 aliphatic rings. The lowest BCUT2D eigenvalue weighted by molar-refractivity contribution is 0.310. The second kappa shape index (κ2) is 8.78. The monoisotopic (exact) mass is 421 g/mol. The van der Waals surface area contributed by atoms with Gasteiger partial charge in [0.2, 0.25) is 5.89 Å². The second-order valence-corrected chi connectivity index (χ2v) is 10.3. The summed E-state index contributed by atoms with van der Waals surface area (Å²) in [5.74, 6) is 1.84. The summed E-state index contributed by atoms with van der Waals surface area (Å²) in [5.41, 5.74) is 4.45. The Labute approximate surface area is 186 Å². The molecule has 2 aromatic carbocycles. The number of nitrogens with zero attached hydrogens (tertiary/aromatic N) is 1. The summed E-state index contributed by atoms with van der Waals surface area (Å²) in [6.07, 6.45) is 3.36. The molecule has 31 heavy (non-hydrogen) atoms. The first-order valence-electron chi connectivity index (χ1n) is 11.0. The van der Waals surface area contributed by atoms with Crippen LogP contribution < -0.4 is 4.74 Å². The number of ether oxygens (including phenoxy) is 1. The van der Waals surface area contributed by atoms with E-state index in [1.165, 1.54) is 5.56 Å². The summed E-state index contributed by atoms with van der Waals surface area (Å²) in [7, 11) is 0. The fourth-order valence-electron chi connectivity index (χ4n) is 3.53. The highest BCUT2D eigenvalue weighted by Gasteiger charge is 2.27. The molecule has 4 heteroatoms. The molecule has 3 rings (SSSR count). The van der Waals surface area contributed by atoms with Gasteiger partial charge in [-0.1, -0.05) is 59.2 Å². The van der Waals surface area contributed by atoms with Gasteiger partial charge in [0.25, 0.3) is 0 Å². The van der Waals surface area contributed by atoms with Crippen LogP contribution in [0.3, 0.4) is 0 Å². The summed E-state index contributed by atoms with van der Waals surface area (Å²) in [5, 5.41) is 10.9. The number of oxazole rings is 1. The lowest BCUT2D eigenvalue weighted by Crippen LogP contribution is -2.17. The first-order valence-corrected chi connectivity index (χ1v) is 11.0. The van der Waals surface area contributed by atoms with Gasteiger partial charge in [0.05, 0.1) is 12.3 Å². The van der Waals surface area contributed by atoms with Gasteiger partial charge in [0, 0.05) is 16.7 Å². The minimum Gasteiger partial charge on any atom is -0.507 e. The highest BCUT2D eigenvalue weighted by molar-refractivity contribution is 5.63. The van der Waals surface area contributed by atoms with Crippen molar-refractivity contribution in [3.05, 3.63) is 65.0 Å². The average Bonchev–Trinajstić information content (AvgIpc) is 3.14. The first-order chi connectivity index (χ1) is 14.4. The van der Waals surface area contributed by atoms with Crippen LogP contribution in [0.15, 0.2) is 47.1 Å². The summed E-state index contributed by atoms with van der Waals surface area (Å²) < 4.78 is 11.6. The van der Waals surface area contributed by atoms with E-state index in [2.05, 4.69) is 60.6 Å². The van der Waals surface area contributed by atoms with Crippen molar-refractivity contribution in [1.82, 2.24) is 4.98 Å². The van der Waals surface area contributed by atoms with Gasteiger partial charge < -0.3 is 14.3 Å². The minimum absolute atomic E-state index is 0.192. The zero-order valence-electron chi connectivity index (χ0n) is 19.9. The van der Waals surface area contributed by atoms with Crippen LogP contribution in [0.4, 0.5) is 0 Å². The topological polar surface area (TPSA) is 55.5 Å². The molecular weight excluding hydrogens is 386 g/mol. The third-order valence-electron chi connectivity index (χ3n) is 5.39. The number of rotatable bonds is 6. The van der Waals surface area contributed by atoms with Crippen molar-refractivity contribution in [3.8, 4) is 23.0 Å². The lowest BCUT2D eigenvalue weighted by atomic mass is 9.78. The van der Waals surface area contributed by atoms with E-state index in [-0.39, 0.29) is 10.8 Å². The molecule has 0 aliphatic carbocycles. The third kappa shape index (κ3) is 5.69.